The lowest BCUT2D eigenvalue weighted by Crippen LogP contribution is -2.35. The lowest BCUT2D eigenvalue weighted by atomic mass is 10.1. The third-order valence-corrected chi connectivity index (χ3v) is 8.06. The number of amides is 1. The van der Waals surface area contributed by atoms with Crippen molar-refractivity contribution in [2.24, 2.45) is 0 Å². The number of benzene rings is 2. The summed E-state index contributed by atoms with van der Waals surface area (Å²) in [6.07, 6.45) is 5.77. The maximum atomic E-state index is 14.4. The molecule has 1 aromatic heterocycles. The molecule has 9 heteroatoms. The fraction of sp³-hybridized carbons (Fsp3) is 0.250. The Bertz CT molecular complexity index is 1280. The molecule has 1 atom stereocenters. The van der Waals surface area contributed by atoms with E-state index in [2.05, 4.69) is 15.9 Å². The number of thioether (sulfide) groups is 1. The Morgan fingerprint density at radius 3 is 2.94 bits per heavy atom. The van der Waals surface area contributed by atoms with Gasteiger partial charge in [-0.05, 0) is 49.2 Å². The molecular weight excluding hydrogens is 547 g/mol. The average Bonchev–Trinajstić information content (AvgIpc) is 3.47. The average molecular weight is 566 g/mol. The van der Waals surface area contributed by atoms with Gasteiger partial charge < -0.3 is 9.30 Å². The van der Waals surface area contributed by atoms with E-state index in [1.54, 1.807) is 17.0 Å². The summed E-state index contributed by atoms with van der Waals surface area (Å²) in [5.74, 6) is -0.452. The maximum Gasteiger partial charge on any atom is 0.266 e. The zero-order valence-electron chi connectivity index (χ0n) is 17.4. The highest BCUT2D eigenvalue weighted by Gasteiger charge is 2.34. The Kier molecular flexibility index (Phi) is 6.64. The molecule has 0 unspecified atom stereocenters. The summed E-state index contributed by atoms with van der Waals surface area (Å²) in [4.78, 5) is 15.3. The molecule has 33 heavy (non-hydrogen) atoms. The predicted molar refractivity (Wildman–Crippen MR) is 139 cm³/mol. The monoisotopic (exact) mass is 564 g/mol. The van der Waals surface area contributed by atoms with Crippen LogP contribution in [0.2, 0.25) is 5.02 Å². The lowest BCUT2D eigenvalue weighted by molar-refractivity contribution is -0.123. The molecule has 0 aliphatic carbocycles. The van der Waals surface area contributed by atoms with Gasteiger partial charge in [0.1, 0.15) is 10.1 Å². The van der Waals surface area contributed by atoms with E-state index in [1.807, 2.05) is 35.0 Å². The minimum absolute atomic E-state index is 0.0373. The van der Waals surface area contributed by atoms with Gasteiger partial charge in [0.15, 0.2) is 0 Å². The summed E-state index contributed by atoms with van der Waals surface area (Å²) in [6, 6.07) is 10.6. The number of ether oxygens (including phenoxy) is 1. The summed E-state index contributed by atoms with van der Waals surface area (Å²) in [6.45, 7) is 1.49. The number of carbonyl (C=O) groups excluding carboxylic acids is 1. The van der Waals surface area contributed by atoms with Crippen LogP contribution >= 0.6 is 51.5 Å². The molecule has 2 aliphatic heterocycles. The largest absolute Gasteiger partial charge is 0.376 e. The molecule has 170 valence electrons. The number of carbonyl (C=O) groups is 1. The first-order valence-electron chi connectivity index (χ1n) is 10.5. The van der Waals surface area contributed by atoms with E-state index in [0.29, 0.717) is 26.4 Å². The molecule has 2 aliphatic rings. The number of halogens is 3. The van der Waals surface area contributed by atoms with Crippen LogP contribution in [-0.2, 0) is 16.1 Å². The van der Waals surface area contributed by atoms with E-state index >= 15 is 0 Å². The summed E-state index contributed by atoms with van der Waals surface area (Å²) in [7, 11) is 0. The molecule has 2 aromatic carbocycles. The van der Waals surface area contributed by atoms with Crippen LogP contribution in [0.3, 0.4) is 0 Å². The first kappa shape index (κ1) is 23.1. The molecule has 0 saturated carbocycles. The van der Waals surface area contributed by atoms with Gasteiger partial charge in [0.2, 0.25) is 0 Å². The number of rotatable bonds is 5. The number of fused-ring (bicyclic) bond motifs is 1. The van der Waals surface area contributed by atoms with Gasteiger partial charge in [-0.3, -0.25) is 9.69 Å². The molecule has 0 bridgehead atoms. The van der Waals surface area contributed by atoms with Gasteiger partial charge in [-0.25, -0.2) is 4.39 Å². The lowest BCUT2D eigenvalue weighted by Gasteiger charge is -2.18. The normalized spacial score (nSPS) is 20.0. The van der Waals surface area contributed by atoms with Crippen LogP contribution in [0.1, 0.15) is 24.0 Å². The van der Waals surface area contributed by atoms with E-state index in [-0.39, 0.29) is 24.4 Å². The third-order valence-electron chi connectivity index (χ3n) is 5.83. The zero-order valence-corrected chi connectivity index (χ0v) is 21.4. The van der Waals surface area contributed by atoms with Crippen molar-refractivity contribution in [1.29, 1.82) is 0 Å². The third kappa shape index (κ3) is 4.64. The number of hydrogen-bond donors (Lipinski definition) is 0. The van der Waals surface area contributed by atoms with Crippen LogP contribution in [0.4, 0.5) is 4.39 Å². The van der Waals surface area contributed by atoms with Gasteiger partial charge >= 0.3 is 0 Å². The summed E-state index contributed by atoms with van der Waals surface area (Å²) in [5.41, 5.74) is 2.20. The Hall–Kier alpha value is -1.71. The van der Waals surface area contributed by atoms with Crippen LogP contribution < -0.4 is 0 Å². The second-order valence-corrected chi connectivity index (χ2v) is 11.0. The number of thiocarbonyl (C=S) groups is 1. The summed E-state index contributed by atoms with van der Waals surface area (Å²) < 4.78 is 23.5. The Labute approximate surface area is 213 Å². The van der Waals surface area contributed by atoms with Crippen molar-refractivity contribution < 1.29 is 13.9 Å². The number of nitrogens with zero attached hydrogens (tertiary/aromatic N) is 2. The standard InChI is InChI=1S/C24H19BrClFN2O2S2/c25-15-6-7-21-17(10-15)14(11-28(21)13-18-19(26)4-1-5-20(18)27)9-22-23(30)29(24(32)33-22)12-16-3-2-8-31-16/h1,4-7,9-11,16H,2-3,8,12-13H2/b22-9-/t16-/m1/s1. The molecule has 4 nitrogen and oxygen atoms in total. The minimum atomic E-state index is -0.349. The van der Waals surface area contributed by atoms with E-state index < -0.39 is 0 Å². The van der Waals surface area contributed by atoms with Crippen molar-refractivity contribution in [3.05, 3.63) is 73.9 Å². The van der Waals surface area contributed by atoms with Crippen LogP contribution in [0, 0.1) is 5.82 Å². The van der Waals surface area contributed by atoms with Crippen molar-refractivity contribution >= 4 is 78.7 Å². The van der Waals surface area contributed by atoms with Crippen molar-refractivity contribution in [2.45, 2.75) is 25.5 Å². The Morgan fingerprint density at radius 1 is 1.33 bits per heavy atom. The van der Waals surface area contributed by atoms with Gasteiger partial charge in [-0.15, -0.1) is 0 Å². The molecule has 2 saturated heterocycles. The van der Waals surface area contributed by atoms with Crippen molar-refractivity contribution in [1.82, 2.24) is 9.47 Å². The summed E-state index contributed by atoms with van der Waals surface area (Å²) in [5, 5.41) is 1.33. The first-order chi connectivity index (χ1) is 15.9. The van der Waals surface area contributed by atoms with Crippen molar-refractivity contribution in [3.63, 3.8) is 0 Å². The molecule has 2 fully saturated rings. The summed E-state index contributed by atoms with van der Waals surface area (Å²) >= 11 is 16.6. The van der Waals surface area contributed by atoms with Crippen molar-refractivity contribution in [2.75, 3.05) is 13.2 Å². The van der Waals surface area contributed by atoms with Gasteiger partial charge in [0.25, 0.3) is 5.91 Å². The number of hydrogen-bond acceptors (Lipinski definition) is 4. The van der Waals surface area contributed by atoms with Crippen LogP contribution in [0.25, 0.3) is 17.0 Å². The van der Waals surface area contributed by atoms with Gasteiger partial charge in [0.05, 0.1) is 24.1 Å². The van der Waals surface area contributed by atoms with Crippen LogP contribution in [0.15, 0.2) is 52.0 Å². The number of aromatic nitrogens is 1. The Morgan fingerprint density at radius 2 is 2.18 bits per heavy atom. The zero-order chi connectivity index (χ0) is 23.1. The highest BCUT2D eigenvalue weighted by molar-refractivity contribution is 9.10. The molecule has 0 N–H and O–H groups in total. The van der Waals surface area contributed by atoms with E-state index in [0.717, 1.165) is 40.4 Å². The van der Waals surface area contributed by atoms with Gasteiger partial charge in [-0.2, -0.15) is 0 Å². The highest BCUT2D eigenvalue weighted by atomic mass is 79.9. The molecule has 3 heterocycles. The SMILES string of the molecule is O=C1/C(=C/c2cn(Cc3c(F)cccc3Cl)c3ccc(Br)cc23)SC(=S)N1C[C@H]1CCCO1. The van der Waals surface area contributed by atoms with E-state index in [1.165, 1.54) is 17.8 Å². The van der Waals surface area contributed by atoms with Gasteiger partial charge in [-0.1, -0.05) is 57.6 Å². The fourth-order valence-electron chi connectivity index (χ4n) is 4.19. The molecule has 3 aromatic rings. The van der Waals surface area contributed by atoms with Crippen LogP contribution in [0.5, 0.6) is 0 Å². The fourth-order valence-corrected chi connectivity index (χ4v) is 6.04. The molecule has 0 radical (unpaired) electrons. The highest BCUT2D eigenvalue weighted by Crippen LogP contribution is 2.36. The second-order valence-electron chi connectivity index (χ2n) is 8.00. The Balaban J connectivity index is 1.50. The minimum Gasteiger partial charge on any atom is -0.376 e. The molecule has 5 rings (SSSR count). The quantitative estimate of drug-likeness (QED) is 0.257. The van der Waals surface area contributed by atoms with E-state index in [4.69, 9.17) is 28.6 Å². The van der Waals surface area contributed by atoms with E-state index in [9.17, 15) is 9.18 Å². The smallest absolute Gasteiger partial charge is 0.266 e. The maximum absolute atomic E-state index is 14.4. The topological polar surface area (TPSA) is 34.5 Å². The first-order valence-corrected chi connectivity index (χ1v) is 12.9. The van der Waals surface area contributed by atoms with Crippen LogP contribution in [-0.4, -0.2) is 39.0 Å². The molecular formula is C24H19BrClFN2O2S2. The second kappa shape index (κ2) is 9.50. The van der Waals surface area contributed by atoms with Crippen molar-refractivity contribution in [3.8, 4) is 0 Å². The molecule has 1 amide bonds. The van der Waals surface area contributed by atoms with Gasteiger partial charge in [0, 0.05) is 44.3 Å². The molecule has 0 spiro atoms. The predicted octanol–water partition coefficient (Wildman–Crippen LogP) is 6.62.